The van der Waals surface area contributed by atoms with Crippen LogP contribution in [0.4, 0.5) is 17.6 Å². The molecule has 1 atom stereocenters. The average molecular weight is 495 g/mol. The topological polar surface area (TPSA) is 135 Å². The number of anilines is 3. The molecule has 192 valence electrons. The predicted molar refractivity (Wildman–Crippen MR) is 138 cm³/mol. The van der Waals surface area contributed by atoms with Gasteiger partial charge in [-0.1, -0.05) is 12.1 Å². The van der Waals surface area contributed by atoms with E-state index in [1.54, 1.807) is 19.4 Å². The van der Waals surface area contributed by atoms with Gasteiger partial charge in [0.05, 0.1) is 0 Å². The smallest absolute Gasteiger partial charge is 0.245 e. The van der Waals surface area contributed by atoms with Crippen molar-refractivity contribution in [2.45, 2.75) is 31.9 Å². The Morgan fingerprint density at radius 1 is 1.17 bits per heavy atom. The summed E-state index contributed by atoms with van der Waals surface area (Å²) in [4.78, 5) is 20.4. The second kappa shape index (κ2) is 12.0. The molecular weight excluding hydrogens is 460 g/mol. The molecule has 1 unspecified atom stereocenters. The van der Waals surface area contributed by atoms with Crippen LogP contribution in [0.2, 0.25) is 0 Å². The first kappa shape index (κ1) is 25.7. The van der Waals surface area contributed by atoms with Gasteiger partial charge in [0.1, 0.15) is 24.3 Å². The molecule has 1 saturated heterocycles. The second-order valence-corrected chi connectivity index (χ2v) is 8.84. The van der Waals surface area contributed by atoms with E-state index in [-0.39, 0.29) is 6.61 Å². The highest BCUT2D eigenvalue weighted by atomic mass is 16.5. The first-order chi connectivity index (χ1) is 17.4. The van der Waals surface area contributed by atoms with E-state index in [1.807, 2.05) is 44.3 Å². The summed E-state index contributed by atoms with van der Waals surface area (Å²) in [7, 11) is 3.81. The number of aromatic nitrogens is 4. The van der Waals surface area contributed by atoms with E-state index in [0.29, 0.717) is 35.9 Å². The van der Waals surface area contributed by atoms with E-state index in [1.165, 1.54) is 5.01 Å². The number of nitrogens with two attached hydrogens (primary N) is 1. The largest absolute Gasteiger partial charge is 0.491 e. The highest BCUT2D eigenvalue weighted by Crippen LogP contribution is 2.29. The molecule has 11 nitrogen and oxygen atoms in total. The fourth-order valence-electron chi connectivity index (χ4n) is 3.94. The van der Waals surface area contributed by atoms with Crippen LogP contribution in [0, 0.1) is 6.92 Å². The van der Waals surface area contributed by atoms with Gasteiger partial charge in [-0.2, -0.15) is 0 Å². The van der Waals surface area contributed by atoms with Crippen molar-refractivity contribution in [3.63, 3.8) is 0 Å². The molecule has 0 bridgehead atoms. The quantitative estimate of drug-likeness (QED) is 0.281. The first-order valence-corrected chi connectivity index (χ1v) is 12.0. The van der Waals surface area contributed by atoms with Crippen molar-refractivity contribution in [2.24, 2.45) is 5.84 Å². The van der Waals surface area contributed by atoms with Gasteiger partial charge in [0.2, 0.25) is 5.95 Å². The maximum Gasteiger partial charge on any atom is 0.245 e. The molecule has 4 rings (SSSR count). The molecule has 36 heavy (non-hydrogen) atoms. The van der Waals surface area contributed by atoms with E-state index < -0.39 is 6.10 Å². The monoisotopic (exact) mass is 494 g/mol. The molecule has 1 aliphatic rings. The van der Waals surface area contributed by atoms with Gasteiger partial charge in [0.15, 0.2) is 11.6 Å². The third-order valence-electron chi connectivity index (χ3n) is 6.00. The number of benzene rings is 1. The van der Waals surface area contributed by atoms with E-state index >= 15 is 0 Å². The van der Waals surface area contributed by atoms with Crippen LogP contribution in [0.25, 0.3) is 11.4 Å². The summed E-state index contributed by atoms with van der Waals surface area (Å²) in [5.74, 6) is 9.06. The SMILES string of the molecule is CNCC(O)COc1cccc(-c2nc(N(N)c3ncc(C)cn3)cc(N(C)C3CCOCC3)n2)c1. The maximum atomic E-state index is 9.98. The van der Waals surface area contributed by atoms with Crippen LogP contribution >= 0.6 is 0 Å². The van der Waals surface area contributed by atoms with Crippen LogP contribution in [0.15, 0.2) is 42.7 Å². The van der Waals surface area contributed by atoms with Gasteiger partial charge in [0.25, 0.3) is 0 Å². The van der Waals surface area contributed by atoms with Crippen molar-refractivity contribution in [2.75, 3.05) is 50.4 Å². The first-order valence-electron chi connectivity index (χ1n) is 12.0. The van der Waals surface area contributed by atoms with Crippen LogP contribution in [-0.4, -0.2) is 77.6 Å². The van der Waals surface area contributed by atoms with Gasteiger partial charge >= 0.3 is 0 Å². The lowest BCUT2D eigenvalue weighted by molar-refractivity contribution is 0.0853. The van der Waals surface area contributed by atoms with Crippen LogP contribution in [0.5, 0.6) is 5.75 Å². The van der Waals surface area contributed by atoms with Crippen LogP contribution in [0.3, 0.4) is 0 Å². The zero-order valence-corrected chi connectivity index (χ0v) is 21.0. The number of aliphatic hydroxyl groups is 1. The Morgan fingerprint density at radius 3 is 2.61 bits per heavy atom. The van der Waals surface area contributed by atoms with Crippen LogP contribution in [-0.2, 0) is 4.74 Å². The number of aryl methyl sites for hydroxylation is 1. The number of hydrogen-bond acceptors (Lipinski definition) is 11. The van der Waals surface area contributed by atoms with E-state index in [2.05, 4.69) is 20.2 Å². The number of hydrogen-bond donors (Lipinski definition) is 3. The Kier molecular flexibility index (Phi) is 8.60. The van der Waals surface area contributed by atoms with Crippen LogP contribution in [0.1, 0.15) is 18.4 Å². The Bertz CT molecular complexity index is 1120. The van der Waals surface area contributed by atoms with E-state index in [4.69, 9.17) is 25.3 Å². The molecule has 0 saturated carbocycles. The number of hydrazine groups is 1. The lowest BCUT2D eigenvalue weighted by Gasteiger charge is -2.32. The second-order valence-electron chi connectivity index (χ2n) is 8.84. The Morgan fingerprint density at radius 2 is 1.89 bits per heavy atom. The van der Waals surface area contributed by atoms with E-state index in [0.717, 1.165) is 43.0 Å². The van der Waals surface area contributed by atoms with Crippen molar-refractivity contribution >= 4 is 17.6 Å². The van der Waals surface area contributed by atoms with Gasteiger partial charge in [-0.25, -0.2) is 30.8 Å². The van der Waals surface area contributed by atoms with Gasteiger partial charge in [-0.3, -0.25) is 0 Å². The molecule has 2 aromatic heterocycles. The molecule has 0 amide bonds. The minimum Gasteiger partial charge on any atom is -0.491 e. The normalized spacial score (nSPS) is 14.9. The summed E-state index contributed by atoms with van der Waals surface area (Å²) < 4.78 is 11.3. The highest BCUT2D eigenvalue weighted by molar-refractivity contribution is 5.65. The summed E-state index contributed by atoms with van der Waals surface area (Å²) in [5, 5.41) is 14.3. The van der Waals surface area contributed by atoms with Crippen molar-refractivity contribution in [3.8, 4) is 17.1 Å². The summed E-state index contributed by atoms with van der Waals surface area (Å²) in [5.41, 5.74) is 1.70. The zero-order chi connectivity index (χ0) is 25.5. The average Bonchev–Trinajstić information content (AvgIpc) is 2.92. The number of nitrogens with zero attached hydrogens (tertiary/aromatic N) is 6. The lowest BCUT2D eigenvalue weighted by atomic mass is 10.1. The number of likely N-dealkylation sites (N-methyl/N-ethyl adjacent to an activating group) is 1. The predicted octanol–water partition coefficient (Wildman–Crippen LogP) is 1.83. The van der Waals surface area contributed by atoms with Gasteiger partial charge in [-0.05, 0) is 44.5 Å². The zero-order valence-electron chi connectivity index (χ0n) is 21.0. The number of aliphatic hydroxyl groups excluding tert-OH is 1. The summed E-state index contributed by atoms with van der Waals surface area (Å²) in [6.45, 7) is 3.98. The number of rotatable bonds is 10. The third-order valence-corrected chi connectivity index (χ3v) is 6.00. The molecule has 0 aliphatic carbocycles. The molecule has 1 fully saturated rings. The van der Waals surface area contributed by atoms with Crippen molar-refractivity contribution < 1.29 is 14.6 Å². The minimum absolute atomic E-state index is 0.171. The lowest BCUT2D eigenvalue weighted by Crippen LogP contribution is -2.37. The van der Waals surface area contributed by atoms with Gasteiger partial charge in [0, 0.05) is 56.9 Å². The maximum absolute atomic E-state index is 9.98. The Balaban J connectivity index is 1.67. The highest BCUT2D eigenvalue weighted by Gasteiger charge is 2.22. The molecule has 3 heterocycles. The molecule has 1 aromatic carbocycles. The molecule has 1 aliphatic heterocycles. The Hall–Kier alpha value is -3.38. The van der Waals surface area contributed by atoms with Gasteiger partial charge < -0.3 is 24.8 Å². The summed E-state index contributed by atoms with van der Waals surface area (Å²) in [6.07, 6.45) is 4.64. The molecule has 3 aromatic rings. The summed E-state index contributed by atoms with van der Waals surface area (Å²) >= 11 is 0. The molecule has 0 spiro atoms. The van der Waals surface area contributed by atoms with Crippen molar-refractivity contribution in [3.05, 3.63) is 48.3 Å². The number of nitrogens with one attached hydrogen (secondary N) is 1. The number of ether oxygens (including phenoxy) is 2. The minimum atomic E-state index is -0.613. The fraction of sp³-hybridized carbons (Fsp3) is 0.440. The standard InChI is InChI=1S/C25H34N8O3/c1-17-13-28-25(29-14-17)33(26)23-12-22(32(3)19-7-9-35-10-8-19)30-24(31-23)18-5-4-6-21(11-18)36-16-20(34)15-27-2/h4-6,11-14,19-20,27,34H,7-10,15-16,26H2,1-3H3. The molecule has 4 N–H and O–H groups in total. The van der Waals surface area contributed by atoms with Crippen LogP contribution < -0.4 is 25.8 Å². The van der Waals surface area contributed by atoms with E-state index in [9.17, 15) is 5.11 Å². The third kappa shape index (κ3) is 6.43. The van der Waals surface area contributed by atoms with Crippen molar-refractivity contribution in [1.29, 1.82) is 0 Å². The Labute approximate surface area is 211 Å². The van der Waals surface area contributed by atoms with Gasteiger partial charge in [-0.15, -0.1) is 0 Å². The van der Waals surface area contributed by atoms with Crippen molar-refractivity contribution in [1.82, 2.24) is 25.3 Å². The molecular formula is C25H34N8O3. The molecule has 11 heteroatoms. The molecule has 0 radical (unpaired) electrons. The summed E-state index contributed by atoms with van der Waals surface area (Å²) in [6, 6.07) is 9.61. The fourth-order valence-corrected chi connectivity index (χ4v) is 3.94.